The van der Waals surface area contributed by atoms with Gasteiger partial charge in [-0.15, -0.1) is 0 Å². The molecule has 0 radical (unpaired) electrons. The first kappa shape index (κ1) is 13.3. The van der Waals surface area contributed by atoms with E-state index in [9.17, 15) is 9.59 Å². The minimum Gasteiger partial charge on any atom is -0.354 e. The zero-order valence-electron chi connectivity index (χ0n) is 11.2. The van der Waals surface area contributed by atoms with Gasteiger partial charge in [0.1, 0.15) is 0 Å². The van der Waals surface area contributed by atoms with Crippen LogP contribution in [0.1, 0.15) is 33.1 Å². The number of hydrogen-bond donors (Lipinski definition) is 2. The molecule has 0 bridgehead atoms. The molecule has 2 heterocycles. The summed E-state index contributed by atoms with van der Waals surface area (Å²) in [5.74, 6) is 0.264. The highest BCUT2D eigenvalue weighted by molar-refractivity contribution is 5.85. The lowest BCUT2D eigenvalue weighted by Crippen LogP contribution is -2.51. The second-order valence-corrected chi connectivity index (χ2v) is 5.34. The maximum Gasteiger partial charge on any atom is 0.236 e. The molecule has 102 valence electrons. The second kappa shape index (κ2) is 5.69. The Labute approximate surface area is 108 Å². The molecule has 3 unspecified atom stereocenters. The van der Waals surface area contributed by atoms with Crippen LogP contribution in [0.3, 0.4) is 0 Å². The second-order valence-electron chi connectivity index (χ2n) is 5.34. The van der Waals surface area contributed by atoms with Gasteiger partial charge in [0.15, 0.2) is 0 Å². The average Bonchev–Trinajstić information content (AvgIpc) is 2.77. The lowest BCUT2D eigenvalue weighted by molar-refractivity contribution is -0.136. The van der Waals surface area contributed by atoms with Crippen LogP contribution in [-0.2, 0) is 9.59 Å². The molecule has 5 heteroatoms. The van der Waals surface area contributed by atoms with E-state index < -0.39 is 0 Å². The molecule has 0 aliphatic carbocycles. The normalized spacial score (nSPS) is 28.8. The number of fused-ring (bicyclic) bond motifs is 1. The van der Waals surface area contributed by atoms with Gasteiger partial charge < -0.3 is 15.5 Å². The van der Waals surface area contributed by atoms with Crippen LogP contribution in [0.4, 0.5) is 0 Å². The van der Waals surface area contributed by atoms with Gasteiger partial charge in [-0.3, -0.25) is 9.59 Å². The molecule has 18 heavy (non-hydrogen) atoms. The van der Waals surface area contributed by atoms with E-state index in [-0.39, 0.29) is 23.8 Å². The first-order valence-electron chi connectivity index (χ1n) is 6.94. The maximum atomic E-state index is 12.2. The van der Waals surface area contributed by atoms with Gasteiger partial charge in [0.2, 0.25) is 11.8 Å². The van der Waals surface area contributed by atoms with E-state index in [1.54, 1.807) is 0 Å². The van der Waals surface area contributed by atoms with Crippen LogP contribution < -0.4 is 10.6 Å². The number of hydrogen-bond acceptors (Lipinski definition) is 3. The Kier molecular flexibility index (Phi) is 4.22. The fourth-order valence-corrected chi connectivity index (χ4v) is 2.77. The molecule has 2 N–H and O–H groups in total. The smallest absolute Gasteiger partial charge is 0.236 e. The third kappa shape index (κ3) is 2.66. The molecule has 5 nitrogen and oxygen atoms in total. The van der Waals surface area contributed by atoms with E-state index >= 15 is 0 Å². The van der Waals surface area contributed by atoms with Gasteiger partial charge >= 0.3 is 0 Å². The summed E-state index contributed by atoms with van der Waals surface area (Å²) in [6, 6.07) is 0.440. The standard InChI is InChI=1S/C13H23N3O2/c1-3-9(2)14-8-12(17)16-6-4-5-10-11(16)7-15-13(10)18/h9-11,14H,3-8H2,1-2H3,(H,15,18). The monoisotopic (exact) mass is 253 g/mol. The molecule has 2 aliphatic heterocycles. The third-order valence-electron chi connectivity index (χ3n) is 4.14. The van der Waals surface area contributed by atoms with Crippen LogP contribution in [0, 0.1) is 5.92 Å². The molecule has 0 aromatic carbocycles. The molecule has 2 rings (SSSR count). The van der Waals surface area contributed by atoms with Crippen LogP contribution in [-0.4, -0.2) is 48.4 Å². The van der Waals surface area contributed by atoms with Crippen molar-refractivity contribution in [2.24, 2.45) is 5.92 Å². The SMILES string of the molecule is CCC(C)NCC(=O)N1CCCC2C(=O)NCC21. The molecular weight excluding hydrogens is 230 g/mol. The average molecular weight is 253 g/mol. The van der Waals surface area contributed by atoms with Crippen molar-refractivity contribution < 1.29 is 9.59 Å². The van der Waals surface area contributed by atoms with Crippen LogP contribution in [0.5, 0.6) is 0 Å². The Morgan fingerprint density at radius 2 is 2.39 bits per heavy atom. The van der Waals surface area contributed by atoms with Crippen molar-refractivity contribution in [3.05, 3.63) is 0 Å². The molecule has 2 fully saturated rings. The highest BCUT2D eigenvalue weighted by Gasteiger charge is 2.42. The molecule has 3 atom stereocenters. The molecule has 0 aromatic heterocycles. The summed E-state index contributed by atoms with van der Waals surface area (Å²) in [7, 11) is 0. The Bertz CT molecular complexity index is 332. The molecule has 0 spiro atoms. The number of carbonyl (C=O) groups is 2. The number of nitrogens with zero attached hydrogens (tertiary/aromatic N) is 1. The Morgan fingerprint density at radius 1 is 1.61 bits per heavy atom. The Hall–Kier alpha value is -1.10. The van der Waals surface area contributed by atoms with Crippen LogP contribution in [0.2, 0.25) is 0 Å². The number of nitrogens with one attached hydrogen (secondary N) is 2. The quantitative estimate of drug-likeness (QED) is 0.747. The Morgan fingerprint density at radius 3 is 3.11 bits per heavy atom. The van der Waals surface area contributed by atoms with Crippen molar-refractivity contribution in [2.45, 2.75) is 45.2 Å². The molecule has 2 aliphatic rings. The summed E-state index contributed by atoms with van der Waals surface area (Å²) in [5.41, 5.74) is 0. The van der Waals surface area contributed by atoms with Crippen molar-refractivity contribution >= 4 is 11.8 Å². The first-order chi connectivity index (χ1) is 8.63. The zero-order chi connectivity index (χ0) is 13.1. The summed E-state index contributed by atoms with van der Waals surface area (Å²) in [5, 5.41) is 6.09. The molecular formula is C13H23N3O2. The van der Waals surface area contributed by atoms with E-state index in [1.165, 1.54) is 0 Å². The van der Waals surface area contributed by atoms with Gasteiger partial charge in [-0.05, 0) is 26.2 Å². The van der Waals surface area contributed by atoms with Gasteiger partial charge in [0, 0.05) is 19.1 Å². The predicted octanol–water partition coefficient (Wildman–Crippen LogP) is 0.112. The van der Waals surface area contributed by atoms with Gasteiger partial charge in [0.05, 0.1) is 18.5 Å². The predicted molar refractivity (Wildman–Crippen MR) is 69.0 cm³/mol. The van der Waals surface area contributed by atoms with Crippen molar-refractivity contribution in [1.29, 1.82) is 0 Å². The van der Waals surface area contributed by atoms with Gasteiger partial charge in [-0.2, -0.15) is 0 Å². The number of amides is 2. The highest BCUT2D eigenvalue weighted by atomic mass is 16.2. The summed E-state index contributed by atoms with van der Waals surface area (Å²) in [6.07, 6.45) is 2.86. The number of carbonyl (C=O) groups excluding carboxylic acids is 2. The summed E-state index contributed by atoms with van der Waals surface area (Å²) in [6.45, 7) is 5.97. The largest absolute Gasteiger partial charge is 0.354 e. The fraction of sp³-hybridized carbons (Fsp3) is 0.846. The van der Waals surface area contributed by atoms with Crippen LogP contribution >= 0.6 is 0 Å². The zero-order valence-corrected chi connectivity index (χ0v) is 11.2. The van der Waals surface area contributed by atoms with Crippen molar-refractivity contribution in [3.8, 4) is 0 Å². The fourth-order valence-electron chi connectivity index (χ4n) is 2.77. The third-order valence-corrected chi connectivity index (χ3v) is 4.14. The highest BCUT2D eigenvalue weighted by Crippen LogP contribution is 2.27. The summed E-state index contributed by atoms with van der Waals surface area (Å²) in [4.78, 5) is 25.7. The maximum absolute atomic E-state index is 12.2. The van der Waals surface area contributed by atoms with Crippen molar-refractivity contribution in [2.75, 3.05) is 19.6 Å². The molecule has 0 saturated carbocycles. The van der Waals surface area contributed by atoms with Crippen molar-refractivity contribution in [1.82, 2.24) is 15.5 Å². The summed E-state index contributed by atoms with van der Waals surface area (Å²) >= 11 is 0. The Balaban J connectivity index is 1.91. The number of rotatable bonds is 4. The minimum absolute atomic E-state index is 0.0197. The van der Waals surface area contributed by atoms with E-state index in [4.69, 9.17) is 0 Å². The van der Waals surface area contributed by atoms with E-state index in [0.29, 0.717) is 19.1 Å². The molecule has 0 aromatic rings. The lowest BCUT2D eigenvalue weighted by atomic mass is 9.91. The van der Waals surface area contributed by atoms with E-state index in [2.05, 4.69) is 24.5 Å². The van der Waals surface area contributed by atoms with Crippen molar-refractivity contribution in [3.63, 3.8) is 0 Å². The molecule has 2 amide bonds. The number of likely N-dealkylation sites (tertiary alicyclic amines) is 1. The number of piperidine rings is 1. The molecule has 2 saturated heterocycles. The van der Waals surface area contributed by atoms with E-state index in [1.807, 2.05) is 4.90 Å². The minimum atomic E-state index is 0.0197. The van der Waals surface area contributed by atoms with Crippen LogP contribution in [0.25, 0.3) is 0 Å². The van der Waals surface area contributed by atoms with E-state index in [0.717, 1.165) is 25.8 Å². The lowest BCUT2D eigenvalue weighted by Gasteiger charge is -2.36. The van der Waals surface area contributed by atoms with Gasteiger partial charge in [0.25, 0.3) is 0 Å². The van der Waals surface area contributed by atoms with Gasteiger partial charge in [-0.25, -0.2) is 0 Å². The van der Waals surface area contributed by atoms with Crippen LogP contribution in [0.15, 0.2) is 0 Å². The summed E-state index contributed by atoms with van der Waals surface area (Å²) < 4.78 is 0. The first-order valence-corrected chi connectivity index (χ1v) is 6.94. The topological polar surface area (TPSA) is 61.4 Å². The van der Waals surface area contributed by atoms with Gasteiger partial charge in [-0.1, -0.05) is 6.92 Å².